The average Bonchev–Trinajstić information content (AvgIpc) is 2.13. The summed E-state index contributed by atoms with van der Waals surface area (Å²) in [6.07, 6.45) is 3.35. The fourth-order valence-electron chi connectivity index (χ4n) is 1.81. The number of nitrogens with zero attached hydrogens (tertiary/aromatic N) is 2. The average molecular weight is 223 g/mol. The summed E-state index contributed by atoms with van der Waals surface area (Å²) in [5.74, 6) is -0.0764. The Hall–Kier alpha value is -1.08. The van der Waals surface area contributed by atoms with Gasteiger partial charge in [0.2, 0.25) is 5.91 Å². The fraction of sp³-hybridized carbons (Fsp3) is 0.833. The summed E-state index contributed by atoms with van der Waals surface area (Å²) in [4.78, 5) is 14.0. The van der Waals surface area contributed by atoms with Gasteiger partial charge in [-0.25, -0.2) is 0 Å². The molecule has 1 aliphatic carbocycles. The Labute approximate surface area is 97.6 Å². The van der Waals surface area contributed by atoms with Crippen LogP contribution in [0.5, 0.6) is 0 Å². The minimum Gasteiger partial charge on any atom is -0.352 e. The Morgan fingerprint density at radius 2 is 2.19 bits per heavy atom. The number of nitriles is 1. The van der Waals surface area contributed by atoms with E-state index < -0.39 is 5.41 Å². The molecule has 1 saturated carbocycles. The molecule has 0 aromatic rings. The van der Waals surface area contributed by atoms with Crippen LogP contribution in [0.25, 0.3) is 0 Å². The maximum atomic E-state index is 11.9. The summed E-state index contributed by atoms with van der Waals surface area (Å²) in [5.41, 5.74) is -0.716. The van der Waals surface area contributed by atoms with Crippen molar-refractivity contribution >= 4 is 5.91 Å². The van der Waals surface area contributed by atoms with Crippen molar-refractivity contribution in [1.82, 2.24) is 10.2 Å². The molecular formula is C12H21N3O. The van der Waals surface area contributed by atoms with E-state index in [0.717, 1.165) is 32.2 Å². The summed E-state index contributed by atoms with van der Waals surface area (Å²) in [6, 6.07) is 2.30. The van der Waals surface area contributed by atoms with Gasteiger partial charge in [0.1, 0.15) is 5.41 Å². The number of rotatable bonds is 5. The lowest BCUT2D eigenvalue weighted by atomic mass is 9.69. The van der Waals surface area contributed by atoms with Crippen molar-refractivity contribution in [3.8, 4) is 6.07 Å². The van der Waals surface area contributed by atoms with Crippen molar-refractivity contribution in [2.75, 3.05) is 20.6 Å². The smallest absolute Gasteiger partial charge is 0.240 e. The third kappa shape index (κ3) is 2.96. The maximum Gasteiger partial charge on any atom is 0.240 e. The molecule has 0 aliphatic heterocycles. The summed E-state index contributed by atoms with van der Waals surface area (Å²) in [6.45, 7) is 2.94. The van der Waals surface area contributed by atoms with Gasteiger partial charge in [0, 0.05) is 6.04 Å². The van der Waals surface area contributed by atoms with Gasteiger partial charge in [0.25, 0.3) is 0 Å². The fourth-order valence-corrected chi connectivity index (χ4v) is 1.81. The molecule has 0 aromatic heterocycles. The highest BCUT2D eigenvalue weighted by Gasteiger charge is 2.44. The van der Waals surface area contributed by atoms with Crippen molar-refractivity contribution in [2.24, 2.45) is 5.41 Å². The van der Waals surface area contributed by atoms with Crippen molar-refractivity contribution in [3.05, 3.63) is 0 Å². The van der Waals surface area contributed by atoms with Gasteiger partial charge in [-0.1, -0.05) is 0 Å². The lowest BCUT2D eigenvalue weighted by Gasteiger charge is -2.34. The first kappa shape index (κ1) is 13.0. The summed E-state index contributed by atoms with van der Waals surface area (Å²) >= 11 is 0. The Kier molecular flexibility index (Phi) is 4.31. The minimum atomic E-state index is -0.716. The topological polar surface area (TPSA) is 56.1 Å². The van der Waals surface area contributed by atoms with E-state index in [9.17, 15) is 4.79 Å². The van der Waals surface area contributed by atoms with Crippen LogP contribution in [0.2, 0.25) is 0 Å². The number of carbonyl (C=O) groups excluding carboxylic acids is 1. The van der Waals surface area contributed by atoms with Gasteiger partial charge in [-0.3, -0.25) is 4.79 Å². The Morgan fingerprint density at radius 1 is 1.56 bits per heavy atom. The molecule has 0 spiro atoms. The first-order valence-electron chi connectivity index (χ1n) is 5.87. The van der Waals surface area contributed by atoms with Crippen molar-refractivity contribution in [1.29, 1.82) is 5.26 Å². The van der Waals surface area contributed by atoms with E-state index >= 15 is 0 Å². The highest BCUT2D eigenvalue weighted by Crippen LogP contribution is 2.40. The van der Waals surface area contributed by atoms with E-state index in [1.807, 2.05) is 21.0 Å². The van der Waals surface area contributed by atoms with Crippen LogP contribution in [0, 0.1) is 16.7 Å². The molecule has 0 saturated heterocycles. The largest absolute Gasteiger partial charge is 0.352 e. The van der Waals surface area contributed by atoms with Gasteiger partial charge in [-0.05, 0) is 53.2 Å². The predicted molar refractivity (Wildman–Crippen MR) is 62.7 cm³/mol. The van der Waals surface area contributed by atoms with Crippen LogP contribution in [-0.2, 0) is 4.79 Å². The molecule has 1 unspecified atom stereocenters. The molecule has 0 aromatic carbocycles. The van der Waals surface area contributed by atoms with Crippen LogP contribution in [0.3, 0.4) is 0 Å². The van der Waals surface area contributed by atoms with Crippen LogP contribution < -0.4 is 5.32 Å². The second-order valence-corrected chi connectivity index (χ2v) is 5.01. The summed E-state index contributed by atoms with van der Waals surface area (Å²) < 4.78 is 0. The van der Waals surface area contributed by atoms with E-state index in [4.69, 9.17) is 5.26 Å². The van der Waals surface area contributed by atoms with Gasteiger partial charge in [-0.15, -0.1) is 0 Å². The lowest BCUT2D eigenvalue weighted by molar-refractivity contribution is -0.132. The van der Waals surface area contributed by atoms with E-state index in [1.54, 1.807) is 0 Å². The molecule has 16 heavy (non-hydrogen) atoms. The Balaban J connectivity index is 2.36. The molecule has 1 fully saturated rings. The van der Waals surface area contributed by atoms with E-state index in [0.29, 0.717) is 0 Å². The number of hydrogen-bond donors (Lipinski definition) is 1. The van der Waals surface area contributed by atoms with Crippen LogP contribution in [0.4, 0.5) is 0 Å². The maximum absolute atomic E-state index is 11.9. The predicted octanol–water partition coefficient (Wildman–Crippen LogP) is 1.14. The molecule has 4 nitrogen and oxygen atoms in total. The van der Waals surface area contributed by atoms with E-state index in [-0.39, 0.29) is 11.9 Å². The summed E-state index contributed by atoms with van der Waals surface area (Å²) in [5, 5.41) is 12.0. The van der Waals surface area contributed by atoms with Crippen LogP contribution >= 0.6 is 0 Å². The van der Waals surface area contributed by atoms with Gasteiger partial charge in [0.15, 0.2) is 0 Å². The zero-order chi connectivity index (χ0) is 12.2. The van der Waals surface area contributed by atoms with Gasteiger partial charge in [0.05, 0.1) is 6.07 Å². The zero-order valence-corrected chi connectivity index (χ0v) is 10.4. The van der Waals surface area contributed by atoms with Gasteiger partial charge < -0.3 is 10.2 Å². The number of hydrogen-bond acceptors (Lipinski definition) is 3. The number of carbonyl (C=O) groups is 1. The molecule has 90 valence electrons. The van der Waals surface area contributed by atoms with E-state index in [2.05, 4.69) is 16.3 Å². The molecule has 0 bridgehead atoms. The lowest BCUT2D eigenvalue weighted by Crippen LogP contribution is -2.48. The van der Waals surface area contributed by atoms with E-state index in [1.165, 1.54) is 0 Å². The molecule has 1 atom stereocenters. The van der Waals surface area contributed by atoms with Crippen molar-refractivity contribution in [2.45, 2.75) is 38.6 Å². The van der Waals surface area contributed by atoms with Gasteiger partial charge in [-0.2, -0.15) is 5.26 Å². The normalized spacial score (nSPS) is 19.7. The van der Waals surface area contributed by atoms with Crippen LogP contribution in [0.1, 0.15) is 32.6 Å². The summed E-state index contributed by atoms with van der Waals surface area (Å²) in [7, 11) is 4.02. The zero-order valence-electron chi connectivity index (χ0n) is 10.4. The molecule has 1 N–H and O–H groups in total. The Bertz CT molecular complexity index is 289. The monoisotopic (exact) mass is 223 g/mol. The quantitative estimate of drug-likeness (QED) is 0.760. The van der Waals surface area contributed by atoms with Crippen LogP contribution in [-0.4, -0.2) is 37.5 Å². The first-order chi connectivity index (χ1) is 7.50. The minimum absolute atomic E-state index is 0.0764. The number of nitrogens with one attached hydrogen (secondary N) is 1. The SMILES string of the molecule is CC(CCN(C)C)NC(=O)C1(C#N)CCC1. The number of amides is 1. The van der Waals surface area contributed by atoms with Crippen LogP contribution in [0.15, 0.2) is 0 Å². The molecule has 4 heteroatoms. The molecule has 1 rings (SSSR count). The molecule has 1 aliphatic rings. The molecule has 0 heterocycles. The second-order valence-electron chi connectivity index (χ2n) is 5.01. The van der Waals surface area contributed by atoms with Gasteiger partial charge >= 0.3 is 0 Å². The van der Waals surface area contributed by atoms with Crippen molar-refractivity contribution < 1.29 is 4.79 Å². The molecule has 0 radical (unpaired) electrons. The highest BCUT2D eigenvalue weighted by molar-refractivity contribution is 5.86. The molecule has 1 amide bonds. The Morgan fingerprint density at radius 3 is 2.56 bits per heavy atom. The highest BCUT2D eigenvalue weighted by atomic mass is 16.2. The van der Waals surface area contributed by atoms with Crippen molar-refractivity contribution in [3.63, 3.8) is 0 Å². The first-order valence-corrected chi connectivity index (χ1v) is 5.87. The second kappa shape index (κ2) is 5.31. The third-order valence-corrected chi connectivity index (χ3v) is 3.24. The molecular weight excluding hydrogens is 202 g/mol. The standard InChI is InChI=1S/C12H21N3O/c1-10(5-8-15(2)3)14-11(16)12(9-13)6-4-7-12/h10H,4-8H2,1-3H3,(H,14,16). The third-order valence-electron chi connectivity index (χ3n) is 3.24.